The SMILES string of the molecule is Cc1ncccc1NC(=O)NCc1ccc(F)cc1. The summed E-state index contributed by atoms with van der Waals surface area (Å²) in [6, 6.07) is 9.19. The first-order valence-electron chi connectivity index (χ1n) is 5.86. The molecule has 2 N–H and O–H groups in total. The Morgan fingerprint density at radius 1 is 1.26 bits per heavy atom. The van der Waals surface area contributed by atoms with Crippen LogP contribution in [0.2, 0.25) is 0 Å². The maximum absolute atomic E-state index is 12.7. The molecule has 4 nitrogen and oxygen atoms in total. The molecule has 0 radical (unpaired) electrons. The summed E-state index contributed by atoms with van der Waals surface area (Å²) in [5, 5.41) is 5.40. The van der Waals surface area contributed by atoms with Crippen molar-refractivity contribution in [1.82, 2.24) is 10.3 Å². The largest absolute Gasteiger partial charge is 0.334 e. The van der Waals surface area contributed by atoms with Crippen LogP contribution < -0.4 is 10.6 Å². The standard InChI is InChI=1S/C14H14FN3O/c1-10-13(3-2-8-16-10)18-14(19)17-9-11-4-6-12(15)7-5-11/h2-8H,9H2,1H3,(H2,17,18,19). The van der Waals surface area contributed by atoms with Crippen LogP contribution in [-0.4, -0.2) is 11.0 Å². The van der Waals surface area contributed by atoms with Crippen molar-refractivity contribution in [2.75, 3.05) is 5.32 Å². The van der Waals surface area contributed by atoms with E-state index in [0.29, 0.717) is 12.2 Å². The molecule has 1 aromatic heterocycles. The Labute approximate surface area is 110 Å². The summed E-state index contributed by atoms with van der Waals surface area (Å²) >= 11 is 0. The number of nitrogens with one attached hydrogen (secondary N) is 2. The Hall–Kier alpha value is -2.43. The Morgan fingerprint density at radius 2 is 2.00 bits per heavy atom. The first kappa shape index (κ1) is 13.0. The van der Waals surface area contributed by atoms with Crippen molar-refractivity contribution >= 4 is 11.7 Å². The van der Waals surface area contributed by atoms with Crippen LogP contribution in [0.5, 0.6) is 0 Å². The highest BCUT2D eigenvalue weighted by molar-refractivity contribution is 5.89. The minimum Gasteiger partial charge on any atom is -0.334 e. The van der Waals surface area contributed by atoms with E-state index in [0.717, 1.165) is 11.3 Å². The summed E-state index contributed by atoms with van der Waals surface area (Å²) < 4.78 is 12.7. The van der Waals surface area contributed by atoms with Gasteiger partial charge < -0.3 is 10.6 Å². The van der Waals surface area contributed by atoms with Crippen molar-refractivity contribution in [2.24, 2.45) is 0 Å². The predicted molar refractivity (Wildman–Crippen MR) is 71.2 cm³/mol. The van der Waals surface area contributed by atoms with E-state index in [-0.39, 0.29) is 11.8 Å². The third-order valence-electron chi connectivity index (χ3n) is 2.62. The molecule has 5 heteroatoms. The van der Waals surface area contributed by atoms with Crippen LogP contribution in [0.3, 0.4) is 0 Å². The van der Waals surface area contributed by atoms with E-state index in [1.165, 1.54) is 12.1 Å². The van der Waals surface area contributed by atoms with Gasteiger partial charge in [0, 0.05) is 12.7 Å². The second-order valence-electron chi connectivity index (χ2n) is 4.07. The zero-order valence-corrected chi connectivity index (χ0v) is 10.5. The quantitative estimate of drug-likeness (QED) is 0.890. The maximum atomic E-state index is 12.7. The number of carbonyl (C=O) groups excluding carboxylic acids is 1. The summed E-state index contributed by atoms with van der Waals surface area (Å²) in [5.41, 5.74) is 2.25. The molecule has 0 aliphatic carbocycles. The number of halogens is 1. The van der Waals surface area contributed by atoms with Crippen LogP contribution in [0.15, 0.2) is 42.6 Å². The lowest BCUT2D eigenvalue weighted by Crippen LogP contribution is -2.28. The normalized spacial score (nSPS) is 10.0. The highest BCUT2D eigenvalue weighted by atomic mass is 19.1. The van der Waals surface area contributed by atoms with Crippen molar-refractivity contribution < 1.29 is 9.18 Å². The molecule has 98 valence electrons. The monoisotopic (exact) mass is 259 g/mol. The average Bonchev–Trinajstić information content (AvgIpc) is 2.41. The predicted octanol–water partition coefficient (Wildman–Crippen LogP) is 2.85. The Balaban J connectivity index is 1.88. The minimum absolute atomic E-state index is 0.292. The van der Waals surface area contributed by atoms with Crippen molar-refractivity contribution in [1.29, 1.82) is 0 Å². The first-order valence-corrected chi connectivity index (χ1v) is 5.86. The molecule has 0 saturated heterocycles. The average molecular weight is 259 g/mol. The number of hydrogen-bond donors (Lipinski definition) is 2. The third-order valence-corrected chi connectivity index (χ3v) is 2.62. The molecule has 1 aromatic carbocycles. The number of anilines is 1. The summed E-state index contributed by atoms with van der Waals surface area (Å²) in [7, 11) is 0. The van der Waals surface area contributed by atoms with Crippen LogP contribution in [0.4, 0.5) is 14.9 Å². The molecule has 0 fully saturated rings. The van der Waals surface area contributed by atoms with Gasteiger partial charge in [0.15, 0.2) is 0 Å². The number of aryl methyl sites for hydroxylation is 1. The number of hydrogen-bond acceptors (Lipinski definition) is 2. The number of nitrogens with zero attached hydrogens (tertiary/aromatic N) is 1. The Kier molecular flexibility index (Phi) is 4.07. The van der Waals surface area contributed by atoms with Crippen molar-refractivity contribution in [3.05, 3.63) is 59.7 Å². The van der Waals surface area contributed by atoms with Gasteiger partial charge in [-0.05, 0) is 36.8 Å². The van der Waals surface area contributed by atoms with E-state index in [4.69, 9.17) is 0 Å². The summed E-state index contributed by atoms with van der Waals surface area (Å²) in [6.07, 6.45) is 1.66. The third kappa shape index (κ3) is 3.77. The van der Waals surface area contributed by atoms with Gasteiger partial charge in [0.1, 0.15) is 5.82 Å². The molecule has 2 aromatic rings. The van der Waals surface area contributed by atoms with Crippen LogP contribution in [0.25, 0.3) is 0 Å². The van der Waals surface area contributed by atoms with Crippen LogP contribution in [0.1, 0.15) is 11.3 Å². The molecule has 19 heavy (non-hydrogen) atoms. The van der Waals surface area contributed by atoms with Crippen molar-refractivity contribution in [3.63, 3.8) is 0 Å². The van der Waals surface area contributed by atoms with Crippen LogP contribution >= 0.6 is 0 Å². The topological polar surface area (TPSA) is 54.0 Å². The smallest absolute Gasteiger partial charge is 0.319 e. The molecule has 0 unspecified atom stereocenters. The summed E-state index contributed by atoms with van der Waals surface area (Å²) in [4.78, 5) is 15.8. The molecule has 2 amide bonds. The zero-order valence-electron chi connectivity index (χ0n) is 10.5. The molecule has 2 rings (SSSR count). The van der Waals surface area contributed by atoms with E-state index in [9.17, 15) is 9.18 Å². The van der Waals surface area contributed by atoms with Gasteiger partial charge in [-0.3, -0.25) is 4.98 Å². The number of pyridine rings is 1. The van der Waals surface area contributed by atoms with Gasteiger partial charge in [-0.15, -0.1) is 0 Å². The fourth-order valence-electron chi connectivity index (χ4n) is 1.57. The lowest BCUT2D eigenvalue weighted by molar-refractivity contribution is 0.251. The van der Waals surface area contributed by atoms with E-state index in [1.54, 1.807) is 30.5 Å². The van der Waals surface area contributed by atoms with Gasteiger partial charge in [0.2, 0.25) is 0 Å². The number of rotatable bonds is 3. The fraction of sp³-hybridized carbons (Fsp3) is 0.143. The summed E-state index contributed by atoms with van der Waals surface area (Å²) in [6.45, 7) is 2.15. The van der Waals surface area contributed by atoms with Crippen molar-refractivity contribution in [3.8, 4) is 0 Å². The highest BCUT2D eigenvalue weighted by Gasteiger charge is 2.04. The van der Waals surface area contributed by atoms with Gasteiger partial charge in [-0.25, -0.2) is 9.18 Å². The van der Waals surface area contributed by atoms with Crippen molar-refractivity contribution in [2.45, 2.75) is 13.5 Å². The van der Waals surface area contributed by atoms with Gasteiger partial charge >= 0.3 is 6.03 Å². The molecular weight excluding hydrogens is 245 g/mol. The molecule has 1 heterocycles. The zero-order chi connectivity index (χ0) is 13.7. The lowest BCUT2D eigenvalue weighted by atomic mass is 10.2. The van der Waals surface area contributed by atoms with Gasteiger partial charge in [-0.1, -0.05) is 12.1 Å². The van der Waals surface area contributed by atoms with E-state index in [2.05, 4.69) is 15.6 Å². The number of amides is 2. The molecule has 0 aliphatic rings. The molecular formula is C14H14FN3O. The number of urea groups is 1. The Bertz CT molecular complexity index is 569. The number of benzene rings is 1. The van der Waals surface area contributed by atoms with E-state index in [1.807, 2.05) is 6.92 Å². The van der Waals surface area contributed by atoms with E-state index < -0.39 is 0 Å². The lowest BCUT2D eigenvalue weighted by Gasteiger charge is -2.09. The minimum atomic E-state index is -0.319. The van der Waals surface area contributed by atoms with Crippen LogP contribution in [-0.2, 0) is 6.54 Å². The molecule has 0 bridgehead atoms. The molecule has 0 spiro atoms. The Morgan fingerprint density at radius 3 is 2.68 bits per heavy atom. The molecule has 0 aliphatic heterocycles. The maximum Gasteiger partial charge on any atom is 0.319 e. The molecule has 0 saturated carbocycles. The molecule has 0 atom stereocenters. The number of carbonyl (C=O) groups is 1. The van der Waals surface area contributed by atoms with E-state index >= 15 is 0 Å². The van der Waals surface area contributed by atoms with Gasteiger partial charge in [0.25, 0.3) is 0 Å². The summed E-state index contributed by atoms with van der Waals surface area (Å²) in [5.74, 6) is -0.292. The highest BCUT2D eigenvalue weighted by Crippen LogP contribution is 2.09. The van der Waals surface area contributed by atoms with Crippen LogP contribution in [0, 0.1) is 12.7 Å². The first-order chi connectivity index (χ1) is 9.15. The fourth-order valence-corrected chi connectivity index (χ4v) is 1.57. The van der Waals surface area contributed by atoms with Gasteiger partial charge in [-0.2, -0.15) is 0 Å². The second-order valence-corrected chi connectivity index (χ2v) is 4.07. The van der Waals surface area contributed by atoms with Gasteiger partial charge in [0.05, 0.1) is 11.4 Å². The number of aromatic nitrogens is 1. The second kappa shape index (κ2) is 5.95.